The number of carbonyl (C=O) groups is 1. The molecular formula is C25H26F4N4O. The molecule has 9 heteroatoms. The van der Waals surface area contributed by atoms with Crippen LogP contribution in [0.4, 0.5) is 22.4 Å². The molecule has 34 heavy (non-hydrogen) atoms. The summed E-state index contributed by atoms with van der Waals surface area (Å²) >= 11 is 0. The highest BCUT2D eigenvalue weighted by molar-refractivity contribution is 5.84. The number of nitrogens with zero attached hydrogens (tertiary/aromatic N) is 3. The van der Waals surface area contributed by atoms with Crippen LogP contribution >= 0.6 is 0 Å². The summed E-state index contributed by atoms with van der Waals surface area (Å²) in [4.78, 5) is 17.9. The number of fused-ring (bicyclic) bond motifs is 1. The Morgan fingerprint density at radius 3 is 2.50 bits per heavy atom. The first-order chi connectivity index (χ1) is 16.3. The molecule has 4 aliphatic rings. The van der Waals surface area contributed by atoms with E-state index in [2.05, 4.69) is 21.2 Å². The summed E-state index contributed by atoms with van der Waals surface area (Å²) in [7, 11) is 0. The lowest BCUT2D eigenvalue weighted by molar-refractivity contribution is -0.0887. The molecular weight excluding hydrogens is 448 g/mol. The molecule has 1 aliphatic carbocycles. The number of rotatable bonds is 5. The van der Waals surface area contributed by atoms with Gasteiger partial charge < -0.3 is 15.1 Å². The van der Waals surface area contributed by atoms with Gasteiger partial charge in [-0.05, 0) is 35.8 Å². The Morgan fingerprint density at radius 1 is 1.06 bits per heavy atom. The summed E-state index contributed by atoms with van der Waals surface area (Å²) in [6, 6.07) is 5.65. The average Bonchev–Trinajstić information content (AvgIpc) is 3.41. The van der Waals surface area contributed by atoms with E-state index in [1.807, 2.05) is 6.20 Å². The second kappa shape index (κ2) is 8.94. The van der Waals surface area contributed by atoms with Crippen molar-refractivity contribution in [2.75, 3.05) is 39.3 Å². The van der Waals surface area contributed by atoms with Gasteiger partial charge in [0.25, 0.3) is 0 Å². The van der Waals surface area contributed by atoms with E-state index in [-0.39, 0.29) is 24.3 Å². The molecule has 0 aromatic heterocycles. The number of carbonyl (C=O) groups excluding carboxylic acids is 1. The van der Waals surface area contributed by atoms with Crippen LogP contribution in [0.25, 0.3) is 5.57 Å². The molecule has 0 spiro atoms. The summed E-state index contributed by atoms with van der Waals surface area (Å²) < 4.78 is 53.8. The summed E-state index contributed by atoms with van der Waals surface area (Å²) in [6.45, 7) is 4.39. The van der Waals surface area contributed by atoms with Crippen LogP contribution in [0, 0.1) is 5.82 Å². The van der Waals surface area contributed by atoms with Crippen LogP contribution in [0.3, 0.4) is 0 Å². The minimum atomic E-state index is -4.41. The molecule has 1 atom stereocenters. The lowest BCUT2D eigenvalue weighted by Crippen LogP contribution is -2.40. The predicted octanol–water partition coefficient (Wildman–Crippen LogP) is 4.28. The Morgan fingerprint density at radius 2 is 1.85 bits per heavy atom. The first-order valence-electron chi connectivity index (χ1n) is 11.5. The largest absolute Gasteiger partial charge is 0.416 e. The number of allylic oxidation sites excluding steroid dienone is 2. The van der Waals surface area contributed by atoms with Crippen molar-refractivity contribution in [1.82, 2.24) is 20.0 Å². The zero-order chi connectivity index (χ0) is 23.9. The van der Waals surface area contributed by atoms with Gasteiger partial charge in [0.1, 0.15) is 5.82 Å². The number of nitrogens with one attached hydrogen (secondary N) is 1. The zero-order valence-electron chi connectivity index (χ0n) is 18.6. The molecule has 2 amide bonds. The Balaban J connectivity index is 1.35. The van der Waals surface area contributed by atoms with E-state index >= 15 is 0 Å². The van der Waals surface area contributed by atoms with Gasteiger partial charge in [-0.25, -0.2) is 9.18 Å². The van der Waals surface area contributed by atoms with E-state index < -0.39 is 11.7 Å². The summed E-state index contributed by atoms with van der Waals surface area (Å²) in [6.07, 6.45) is 3.15. The van der Waals surface area contributed by atoms with Crippen molar-refractivity contribution in [2.45, 2.75) is 25.1 Å². The lowest BCUT2D eigenvalue weighted by atomic mass is 9.88. The molecule has 0 bridgehead atoms. The third kappa shape index (κ3) is 4.49. The summed E-state index contributed by atoms with van der Waals surface area (Å²) in [5, 5.41) is 2.80. The van der Waals surface area contributed by atoms with Crippen molar-refractivity contribution < 1.29 is 22.4 Å². The molecule has 1 saturated heterocycles. The second-order valence-corrected chi connectivity index (χ2v) is 8.93. The molecule has 5 nitrogen and oxygen atoms in total. The number of benzene rings is 1. The molecule has 180 valence electrons. The van der Waals surface area contributed by atoms with Gasteiger partial charge in [-0.1, -0.05) is 24.3 Å². The standard InChI is InChI=1S/C25H26F4N4O/c26-19-4-1-17(2-5-19)22-16-33(23-6-3-18(15-21(22)23)25(27,28)29)20-7-10-31(11-8-20)13-14-32-12-9-30-24(32)34/h1-5,7,15-16,23H,6,8-14H2,(H,30,34). The maximum absolute atomic E-state index is 13.5. The number of hydrogen-bond donors (Lipinski definition) is 1. The van der Waals surface area contributed by atoms with Crippen molar-refractivity contribution >= 4 is 11.6 Å². The Hall–Kier alpha value is -3.07. The third-order valence-electron chi connectivity index (χ3n) is 6.86. The van der Waals surface area contributed by atoms with Gasteiger partial charge in [-0.15, -0.1) is 0 Å². The van der Waals surface area contributed by atoms with Gasteiger partial charge in [0.05, 0.1) is 11.6 Å². The van der Waals surface area contributed by atoms with Gasteiger partial charge in [0.2, 0.25) is 0 Å². The number of hydrogen-bond acceptors (Lipinski definition) is 3. The smallest absolute Gasteiger partial charge is 0.343 e. The minimum absolute atomic E-state index is 0.0216. The maximum Gasteiger partial charge on any atom is 0.416 e. The van der Waals surface area contributed by atoms with Gasteiger partial charge in [-0.3, -0.25) is 4.90 Å². The first kappa shape index (κ1) is 22.7. The fourth-order valence-electron chi connectivity index (χ4n) is 4.99. The van der Waals surface area contributed by atoms with E-state index in [0.717, 1.165) is 38.3 Å². The van der Waals surface area contributed by atoms with Crippen LogP contribution in [0.5, 0.6) is 0 Å². The van der Waals surface area contributed by atoms with Gasteiger partial charge in [-0.2, -0.15) is 13.2 Å². The normalized spacial score (nSPS) is 23.3. The van der Waals surface area contributed by atoms with Gasteiger partial charge >= 0.3 is 12.2 Å². The predicted molar refractivity (Wildman–Crippen MR) is 121 cm³/mol. The second-order valence-electron chi connectivity index (χ2n) is 8.93. The SMILES string of the molecule is O=C1NCCN1CCN1CC=C(N2C=C(c3ccc(F)cc3)C3=CC(C(F)(F)F)=CCC32)CC1. The fourth-order valence-corrected chi connectivity index (χ4v) is 4.99. The number of halogens is 4. The number of amides is 2. The third-order valence-corrected chi connectivity index (χ3v) is 6.86. The molecule has 1 fully saturated rings. The van der Waals surface area contributed by atoms with Crippen LogP contribution in [-0.2, 0) is 0 Å². The number of alkyl halides is 3. The molecule has 0 saturated carbocycles. The Kier molecular flexibility index (Phi) is 5.97. The Labute approximate surface area is 195 Å². The quantitative estimate of drug-likeness (QED) is 0.648. The van der Waals surface area contributed by atoms with Crippen LogP contribution in [-0.4, -0.2) is 72.2 Å². The van der Waals surface area contributed by atoms with Crippen molar-refractivity contribution in [2.24, 2.45) is 0 Å². The van der Waals surface area contributed by atoms with Crippen LogP contribution in [0.1, 0.15) is 18.4 Å². The fraction of sp³-hybridized carbons (Fsp3) is 0.400. The molecule has 1 aromatic rings. The molecule has 1 aromatic carbocycles. The molecule has 0 radical (unpaired) electrons. The number of urea groups is 1. The van der Waals surface area contributed by atoms with Gasteiger partial charge in [0.15, 0.2) is 0 Å². The Bertz CT molecular complexity index is 1090. The van der Waals surface area contributed by atoms with E-state index in [9.17, 15) is 22.4 Å². The summed E-state index contributed by atoms with van der Waals surface area (Å²) in [5.74, 6) is -0.384. The monoisotopic (exact) mass is 474 g/mol. The maximum atomic E-state index is 13.5. The minimum Gasteiger partial charge on any atom is -0.343 e. The molecule has 1 N–H and O–H groups in total. The highest BCUT2D eigenvalue weighted by atomic mass is 19.4. The highest BCUT2D eigenvalue weighted by Crippen LogP contribution is 2.44. The van der Waals surface area contributed by atoms with Crippen molar-refractivity contribution in [3.05, 3.63) is 76.9 Å². The molecule has 1 unspecified atom stereocenters. The van der Waals surface area contributed by atoms with Crippen molar-refractivity contribution in [3.8, 4) is 0 Å². The van der Waals surface area contributed by atoms with E-state index in [1.165, 1.54) is 24.3 Å². The highest BCUT2D eigenvalue weighted by Gasteiger charge is 2.40. The first-order valence-corrected chi connectivity index (χ1v) is 11.5. The van der Waals surface area contributed by atoms with Gasteiger partial charge in [0, 0.05) is 63.2 Å². The van der Waals surface area contributed by atoms with Crippen LogP contribution in [0.15, 0.2) is 65.5 Å². The van der Waals surface area contributed by atoms with E-state index in [4.69, 9.17) is 0 Å². The van der Waals surface area contributed by atoms with E-state index in [0.29, 0.717) is 29.8 Å². The molecule has 3 heterocycles. The zero-order valence-corrected chi connectivity index (χ0v) is 18.6. The van der Waals surface area contributed by atoms with E-state index in [1.54, 1.807) is 17.0 Å². The van der Waals surface area contributed by atoms with Crippen molar-refractivity contribution in [1.29, 1.82) is 0 Å². The van der Waals surface area contributed by atoms with Crippen LogP contribution < -0.4 is 5.32 Å². The topological polar surface area (TPSA) is 38.8 Å². The summed E-state index contributed by atoms with van der Waals surface area (Å²) in [5.41, 5.74) is 2.45. The lowest BCUT2D eigenvalue weighted by Gasteiger charge is -2.35. The molecule has 3 aliphatic heterocycles. The molecule has 5 rings (SSSR count). The van der Waals surface area contributed by atoms with Crippen LogP contribution in [0.2, 0.25) is 0 Å². The average molecular weight is 475 g/mol. The van der Waals surface area contributed by atoms with Crippen molar-refractivity contribution in [3.63, 3.8) is 0 Å².